The van der Waals surface area contributed by atoms with E-state index in [9.17, 15) is 8.42 Å². The van der Waals surface area contributed by atoms with Gasteiger partial charge in [0.1, 0.15) is 11.3 Å². The fourth-order valence-electron chi connectivity index (χ4n) is 3.96. The molecule has 9 heteroatoms. The average molecular weight is 450 g/mol. The van der Waals surface area contributed by atoms with Gasteiger partial charge >= 0.3 is 0 Å². The maximum absolute atomic E-state index is 13.9. The molecule has 3 heterocycles. The molecule has 1 N–H and O–H groups in total. The first-order valence-corrected chi connectivity index (χ1v) is 11.8. The predicted octanol–water partition coefficient (Wildman–Crippen LogP) is 2.75. The van der Waals surface area contributed by atoms with Crippen molar-refractivity contribution in [3.8, 4) is 17.1 Å². The quantitative estimate of drug-likeness (QED) is 0.501. The van der Waals surface area contributed by atoms with Crippen LogP contribution in [0.25, 0.3) is 22.4 Å². The van der Waals surface area contributed by atoms with Gasteiger partial charge in [-0.3, -0.25) is 0 Å². The molecule has 2 aromatic heterocycles. The smallest absolute Gasteiger partial charge is 0.270 e. The summed E-state index contributed by atoms with van der Waals surface area (Å²) in [4.78, 5) is 11.7. The van der Waals surface area contributed by atoms with Crippen LogP contribution in [0.15, 0.2) is 71.8 Å². The largest absolute Gasteiger partial charge is 0.497 e. The lowest BCUT2D eigenvalue weighted by Crippen LogP contribution is -2.44. The summed E-state index contributed by atoms with van der Waals surface area (Å²) in [5.41, 5.74) is 1.77. The second kappa shape index (κ2) is 8.25. The van der Waals surface area contributed by atoms with Gasteiger partial charge in [-0.1, -0.05) is 36.4 Å². The van der Waals surface area contributed by atoms with Crippen molar-refractivity contribution in [2.45, 2.75) is 4.90 Å². The molecule has 164 valence electrons. The molecular formula is C23H23N5O3S. The monoisotopic (exact) mass is 449 g/mol. The van der Waals surface area contributed by atoms with Crippen molar-refractivity contribution in [1.29, 1.82) is 0 Å². The summed E-state index contributed by atoms with van der Waals surface area (Å²) in [7, 11) is -2.45. The van der Waals surface area contributed by atoms with E-state index in [-0.39, 0.29) is 4.90 Å². The first-order chi connectivity index (χ1) is 15.6. The van der Waals surface area contributed by atoms with Gasteiger partial charge in [-0.05, 0) is 18.2 Å². The summed E-state index contributed by atoms with van der Waals surface area (Å²) in [6, 6.07) is 17.5. The molecule has 1 fully saturated rings. The first-order valence-electron chi connectivity index (χ1n) is 10.4. The summed E-state index contributed by atoms with van der Waals surface area (Å²) in [6.45, 7) is 3.24. The number of pyridine rings is 1. The Kier molecular flexibility index (Phi) is 5.28. The normalized spacial score (nSPS) is 14.6. The molecule has 2 aromatic carbocycles. The van der Waals surface area contributed by atoms with Crippen LogP contribution in [0.4, 0.5) is 5.82 Å². The minimum Gasteiger partial charge on any atom is -0.497 e. The maximum Gasteiger partial charge on any atom is 0.270 e. The topological polar surface area (TPSA) is 89.4 Å². The Morgan fingerprint density at radius 3 is 2.53 bits per heavy atom. The molecule has 0 spiro atoms. The fraction of sp³-hybridized carbons (Fsp3) is 0.217. The Hall–Kier alpha value is -3.43. The Morgan fingerprint density at radius 1 is 1.00 bits per heavy atom. The molecule has 8 nitrogen and oxygen atoms in total. The summed E-state index contributed by atoms with van der Waals surface area (Å²) < 4.78 is 34.3. The zero-order chi connectivity index (χ0) is 22.1. The van der Waals surface area contributed by atoms with Crippen molar-refractivity contribution in [2.24, 2.45) is 0 Å². The van der Waals surface area contributed by atoms with Crippen molar-refractivity contribution in [3.05, 3.63) is 66.9 Å². The number of imidazole rings is 1. The highest BCUT2D eigenvalue weighted by molar-refractivity contribution is 7.90. The molecule has 0 unspecified atom stereocenters. The van der Waals surface area contributed by atoms with Crippen LogP contribution in [0.5, 0.6) is 5.75 Å². The van der Waals surface area contributed by atoms with E-state index in [0.717, 1.165) is 26.2 Å². The summed E-state index contributed by atoms with van der Waals surface area (Å²) in [5.74, 6) is 1.52. The van der Waals surface area contributed by atoms with Crippen LogP contribution < -0.4 is 15.0 Å². The second-order valence-electron chi connectivity index (χ2n) is 7.49. The number of piperazine rings is 1. The molecule has 0 amide bonds. The molecule has 1 aliphatic heterocycles. The molecule has 1 saturated heterocycles. The van der Waals surface area contributed by atoms with E-state index in [0.29, 0.717) is 34.0 Å². The van der Waals surface area contributed by atoms with Crippen LogP contribution in [-0.4, -0.2) is 55.6 Å². The number of ether oxygens (including phenoxy) is 1. The summed E-state index contributed by atoms with van der Waals surface area (Å²) in [5, 5.41) is 3.33. The van der Waals surface area contributed by atoms with Crippen molar-refractivity contribution in [2.75, 3.05) is 38.2 Å². The number of anilines is 1. The SMILES string of the molecule is COc1cccc(S(=O)(=O)n2c(-c3ccccc3)nc3c(N4CCNCC4)nccc32)c1. The highest BCUT2D eigenvalue weighted by Gasteiger charge is 2.28. The molecule has 0 saturated carbocycles. The number of rotatable bonds is 5. The molecule has 1 aliphatic rings. The lowest BCUT2D eigenvalue weighted by molar-refractivity contribution is 0.413. The highest BCUT2D eigenvalue weighted by atomic mass is 32.2. The zero-order valence-corrected chi connectivity index (χ0v) is 18.4. The third kappa shape index (κ3) is 3.49. The lowest BCUT2D eigenvalue weighted by atomic mass is 10.2. The van der Waals surface area contributed by atoms with Gasteiger partial charge in [0.05, 0.1) is 17.5 Å². The summed E-state index contributed by atoms with van der Waals surface area (Å²) in [6.07, 6.45) is 1.65. The van der Waals surface area contributed by atoms with Crippen LogP contribution in [0.1, 0.15) is 0 Å². The van der Waals surface area contributed by atoms with Gasteiger partial charge in [0.25, 0.3) is 10.0 Å². The predicted molar refractivity (Wildman–Crippen MR) is 124 cm³/mol. The van der Waals surface area contributed by atoms with E-state index in [1.807, 2.05) is 30.3 Å². The van der Waals surface area contributed by atoms with E-state index >= 15 is 0 Å². The number of hydrogen-bond acceptors (Lipinski definition) is 7. The van der Waals surface area contributed by atoms with Crippen molar-refractivity contribution >= 4 is 26.9 Å². The Balaban J connectivity index is 1.78. The van der Waals surface area contributed by atoms with Gasteiger partial charge in [-0.25, -0.2) is 22.4 Å². The van der Waals surface area contributed by atoms with Gasteiger partial charge in [0, 0.05) is 44.0 Å². The van der Waals surface area contributed by atoms with Gasteiger partial charge in [-0.2, -0.15) is 0 Å². The Labute approximate surface area is 186 Å². The van der Waals surface area contributed by atoms with Gasteiger partial charge in [0.2, 0.25) is 0 Å². The van der Waals surface area contributed by atoms with E-state index < -0.39 is 10.0 Å². The first kappa shape index (κ1) is 20.5. The van der Waals surface area contributed by atoms with Gasteiger partial charge < -0.3 is 15.0 Å². The minimum atomic E-state index is -3.97. The number of aromatic nitrogens is 3. The highest BCUT2D eigenvalue weighted by Crippen LogP contribution is 2.33. The van der Waals surface area contributed by atoms with E-state index in [4.69, 9.17) is 9.72 Å². The number of nitrogens with zero attached hydrogens (tertiary/aromatic N) is 4. The average Bonchev–Trinajstić information content (AvgIpc) is 3.26. The third-order valence-electron chi connectivity index (χ3n) is 5.54. The van der Waals surface area contributed by atoms with Crippen LogP contribution in [0, 0.1) is 0 Å². The number of hydrogen-bond donors (Lipinski definition) is 1. The molecule has 0 aliphatic carbocycles. The number of fused-ring (bicyclic) bond motifs is 1. The Bertz CT molecular complexity index is 1360. The molecule has 0 radical (unpaired) electrons. The van der Waals surface area contributed by atoms with Gasteiger partial charge in [-0.15, -0.1) is 0 Å². The number of benzene rings is 2. The second-order valence-corrected chi connectivity index (χ2v) is 9.28. The number of nitrogens with one attached hydrogen (secondary N) is 1. The number of methoxy groups -OCH3 is 1. The standard InChI is InChI=1S/C23H23N5O3S/c1-31-18-8-5-9-19(16-18)32(29,30)28-20-10-11-25-23(27-14-12-24-13-15-27)21(20)26-22(28)17-6-3-2-4-7-17/h2-11,16,24H,12-15H2,1H3. The molecule has 0 atom stereocenters. The van der Waals surface area contributed by atoms with Crippen LogP contribution >= 0.6 is 0 Å². The van der Waals surface area contributed by atoms with Gasteiger partial charge in [0.15, 0.2) is 11.6 Å². The molecular weight excluding hydrogens is 426 g/mol. The molecule has 0 bridgehead atoms. The maximum atomic E-state index is 13.9. The van der Waals surface area contributed by atoms with Crippen LogP contribution in [0.2, 0.25) is 0 Å². The van der Waals surface area contributed by atoms with Crippen molar-refractivity contribution in [3.63, 3.8) is 0 Å². The van der Waals surface area contributed by atoms with E-state index in [1.165, 1.54) is 17.1 Å². The Morgan fingerprint density at radius 2 is 1.78 bits per heavy atom. The lowest BCUT2D eigenvalue weighted by Gasteiger charge is -2.28. The van der Waals surface area contributed by atoms with Crippen molar-refractivity contribution < 1.29 is 13.2 Å². The summed E-state index contributed by atoms with van der Waals surface area (Å²) >= 11 is 0. The molecule has 4 aromatic rings. The van der Waals surface area contributed by atoms with E-state index in [1.54, 1.807) is 30.5 Å². The van der Waals surface area contributed by atoms with E-state index in [2.05, 4.69) is 15.2 Å². The zero-order valence-electron chi connectivity index (χ0n) is 17.6. The molecule has 5 rings (SSSR count). The minimum absolute atomic E-state index is 0.133. The third-order valence-corrected chi connectivity index (χ3v) is 7.24. The fourth-order valence-corrected chi connectivity index (χ4v) is 5.46. The van der Waals surface area contributed by atoms with Crippen LogP contribution in [0.3, 0.4) is 0 Å². The molecule has 32 heavy (non-hydrogen) atoms. The van der Waals surface area contributed by atoms with Crippen LogP contribution in [-0.2, 0) is 10.0 Å². The van der Waals surface area contributed by atoms with Crippen molar-refractivity contribution in [1.82, 2.24) is 19.3 Å².